The van der Waals surface area contributed by atoms with Crippen LogP contribution in [0.4, 0.5) is 0 Å². The fraction of sp³-hybridized carbons (Fsp3) is 0.733. The number of nitrogens with one attached hydrogen (secondary N) is 1. The van der Waals surface area contributed by atoms with Gasteiger partial charge in [-0.1, -0.05) is 20.3 Å². The molecule has 2 heterocycles. The van der Waals surface area contributed by atoms with Crippen molar-refractivity contribution in [3.05, 3.63) is 17.9 Å². The summed E-state index contributed by atoms with van der Waals surface area (Å²) in [7, 11) is -3.46. The summed E-state index contributed by atoms with van der Waals surface area (Å²) in [6.07, 6.45) is 3.58. The molecule has 1 aliphatic heterocycles. The molecule has 1 aromatic rings. The normalized spacial score (nSPS) is 26.6. The molecule has 0 radical (unpaired) electrons. The Balaban J connectivity index is 1.70. The molecule has 1 N–H and O–H groups in total. The second-order valence-corrected chi connectivity index (χ2v) is 8.40. The molecule has 1 aliphatic carbocycles. The molecule has 5 nitrogen and oxygen atoms in total. The van der Waals surface area contributed by atoms with Gasteiger partial charge in [0.05, 0.1) is 6.54 Å². The van der Waals surface area contributed by atoms with Crippen molar-refractivity contribution in [2.75, 3.05) is 13.1 Å². The van der Waals surface area contributed by atoms with Gasteiger partial charge in [0, 0.05) is 19.1 Å². The fourth-order valence-corrected chi connectivity index (χ4v) is 4.89. The summed E-state index contributed by atoms with van der Waals surface area (Å²) < 4.78 is 32.4. The highest BCUT2D eigenvalue weighted by Crippen LogP contribution is 2.39. The van der Waals surface area contributed by atoms with E-state index in [9.17, 15) is 8.42 Å². The minimum Gasteiger partial charge on any atom is -0.447 e. The van der Waals surface area contributed by atoms with Crippen molar-refractivity contribution in [3.63, 3.8) is 0 Å². The summed E-state index contributed by atoms with van der Waals surface area (Å²) in [6.45, 7) is 5.96. The Kier molecular flexibility index (Phi) is 4.12. The van der Waals surface area contributed by atoms with Crippen LogP contribution in [0.2, 0.25) is 0 Å². The first-order valence-corrected chi connectivity index (χ1v) is 9.23. The van der Waals surface area contributed by atoms with Crippen molar-refractivity contribution in [1.29, 1.82) is 0 Å². The second kappa shape index (κ2) is 5.74. The van der Waals surface area contributed by atoms with Gasteiger partial charge in [0.1, 0.15) is 5.76 Å². The SMILES string of the molecule is CC(C)NCc1ccc(S(=O)(=O)N2CC3CCCC3C2)o1. The van der Waals surface area contributed by atoms with Crippen LogP contribution in [-0.4, -0.2) is 31.9 Å². The topological polar surface area (TPSA) is 62.6 Å². The summed E-state index contributed by atoms with van der Waals surface area (Å²) >= 11 is 0. The molecule has 118 valence electrons. The van der Waals surface area contributed by atoms with E-state index >= 15 is 0 Å². The van der Waals surface area contributed by atoms with E-state index < -0.39 is 10.0 Å². The van der Waals surface area contributed by atoms with Crippen molar-refractivity contribution in [1.82, 2.24) is 9.62 Å². The van der Waals surface area contributed by atoms with Gasteiger partial charge < -0.3 is 9.73 Å². The molecule has 3 rings (SSSR count). The largest absolute Gasteiger partial charge is 0.447 e. The van der Waals surface area contributed by atoms with Crippen LogP contribution in [0.3, 0.4) is 0 Å². The predicted molar refractivity (Wildman–Crippen MR) is 80.3 cm³/mol. The van der Waals surface area contributed by atoms with Crippen LogP contribution in [0.1, 0.15) is 38.9 Å². The van der Waals surface area contributed by atoms with E-state index in [0.29, 0.717) is 43.3 Å². The monoisotopic (exact) mass is 312 g/mol. The fourth-order valence-electron chi connectivity index (χ4n) is 3.41. The van der Waals surface area contributed by atoms with Crippen LogP contribution in [0, 0.1) is 11.8 Å². The zero-order valence-corrected chi connectivity index (χ0v) is 13.5. The van der Waals surface area contributed by atoms with Crippen LogP contribution in [0.25, 0.3) is 0 Å². The molecule has 2 aliphatic rings. The molecule has 2 atom stereocenters. The molecule has 0 aromatic carbocycles. The maximum absolute atomic E-state index is 12.6. The zero-order chi connectivity index (χ0) is 15.0. The third kappa shape index (κ3) is 3.03. The molecule has 0 bridgehead atoms. The smallest absolute Gasteiger partial charge is 0.276 e. The molecule has 1 saturated heterocycles. The average Bonchev–Trinajstić information content (AvgIpc) is 3.11. The quantitative estimate of drug-likeness (QED) is 0.905. The van der Waals surface area contributed by atoms with E-state index in [0.717, 1.165) is 0 Å². The highest BCUT2D eigenvalue weighted by atomic mass is 32.2. The lowest BCUT2D eigenvalue weighted by molar-refractivity contribution is 0.371. The number of nitrogens with zero attached hydrogens (tertiary/aromatic N) is 1. The van der Waals surface area contributed by atoms with Gasteiger partial charge in [0.2, 0.25) is 5.09 Å². The zero-order valence-electron chi connectivity index (χ0n) is 12.7. The number of hydrogen-bond donors (Lipinski definition) is 1. The molecule has 21 heavy (non-hydrogen) atoms. The van der Waals surface area contributed by atoms with E-state index in [-0.39, 0.29) is 5.09 Å². The van der Waals surface area contributed by atoms with E-state index in [4.69, 9.17) is 4.42 Å². The summed E-state index contributed by atoms with van der Waals surface area (Å²) in [5, 5.41) is 3.31. The number of rotatable bonds is 5. The first-order valence-electron chi connectivity index (χ1n) is 7.79. The van der Waals surface area contributed by atoms with Crippen molar-refractivity contribution in [2.45, 2.75) is 50.8 Å². The highest BCUT2D eigenvalue weighted by molar-refractivity contribution is 7.89. The Morgan fingerprint density at radius 3 is 2.57 bits per heavy atom. The third-order valence-electron chi connectivity index (χ3n) is 4.61. The molecule has 2 unspecified atom stereocenters. The van der Waals surface area contributed by atoms with Gasteiger partial charge in [0.15, 0.2) is 0 Å². The van der Waals surface area contributed by atoms with E-state index in [2.05, 4.69) is 5.32 Å². The molecular weight excluding hydrogens is 288 g/mol. The molecule has 1 saturated carbocycles. The van der Waals surface area contributed by atoms with Crippen molar-refractivity contribution in [2.24, 2.45) is 11.8 Å². The van der Waals surface area contributed by atoms with Crippen LogP contribution >= 0.6 is 0 Å². The summed E-state index contributed by atoms with van der Waals surface area (Å²) in [4.78, 5) is 0. The van der Waals surface area contributed by atoms with Crippen molar-refractivity contribution in [3.8, 4) is 0 Å². The Bertz CT molecular complexity index is 582. The van der Waals surface area contributed by atoms with Gasteiger partial charge in [-0.15, -0.1) is 0 Å². The predicted octanol–water partition coefficient (Wildman–Crippen LogP) is 2.20. The summed E-state index contributed by atoms with van der Waals surface area (Å²) in [5.74, 6) is 1.77. The van der Waals surface area contributed by atoms with Gasteiger partial charge in [-0.3, -0.25) is 0 Å². The number of hydrogen-bond acceptors (Lipinski definition) is 4. The second-order valence-electron chi connectivity index (χ2n) is 6.53. The Morgan fingerprint density at radius 2 is 1.95 bits per heavy atom. The van der Waals surface area contributed by atoms with Crippen LogP contribution in [0.15, 0.2) is 21.6 Å². The lowest BCUT2D eigenvalue weighted by Gasteiger charge is -2.15. The minimum absolute atomic E-state index is 0.0861. The Labute approximate surface area is 126 Å². The molecule has 0 spiro atoms. The molecule has 6 heteroatoms. The van der Waals surface area contributed by atoms with Crippen LogP contribution in [-0.2, 0) is 16.6 Å². The first-order chi connectivity index (χ1) is 9.96. The summed E-state index contributed by atoms with van der Waals surface area (Å²) in [5.41, 5.74) is 0. The lowest BCUT2D eigenvalue weighted by atomic mass is 10.0. The summed E-state index contributed by atoms with van der Waals surface area (Å²) in [6, 6.07) is 3.67. The van der Waals surface area contributed by atoms with E-state index in [1.165, 1.54) is 19.3 Å². The number of fused-ring (bicyclic) bond motifs is 1. The standard InChI is InChI=1S/C15H24N2O3S/c1-11(2)16-8-14-6-7-15(20-14)21(18,19)17-9-12-4-3-5-13(12)10-17/h6-7,11-13,16H,3-5,8-10H2,1-2H3. The van der Waals surface area contributed by atoms with Crippen molar-refractivity contribution < 1.29 is 12.8 Å². The van der Waals surface area contributed by atoms with E-state index in [1.807, 2.05) is 13.8 Å². The Hall–Kier alpha value is -0.850. The Morgan fingerprint density at radius 1 is 1.29 bits per heavy atom. The molecular formula is C15H24N2O3S. The van der Waals surface area contributed by atoms with E-state index in [1.54, 1.807) is 16.4 Å². The first kappa shape index (κ1) is 15.1. The maximum atomic E-state index is 12.6. The number of furan rings is 1. The van der Waals surface area contributed by atoms with Crippen LogP contribution in [0.5, 0.6) is 0 Å². The minimum atomic E-state index is -3.46. The van der Waals surface area contributed by atoms with Gasteiger partial charge in [-0.05, 0) is 36.8 Å². The van der Waals surface area contributed by atoms with Crippen molar-refractivity contribution >= 4 is 10.0 Å². The number of sulfonamides is 1. The van der Waals surface area contributed by atoms with Gasteiger partial charge in [-0.2, -0.15) is 4.31 Å². The van der Waals surface area contributed by atoms with Gasteiger partial charge >= 0.3 is 0 Å². The van der Waals surface area contributed by atoms with Gasteiger partial charge in [0.25, 0.3) is 10.0 Å². The van der Waals surface area contributed by atoms with Gasteiger partial charge in [-0.25, -0.2) is 8.42 Å². The maximum Gasteiger partial charge on any atom is 0.276 e. The van der Waals surface area contributed by atoms with Crippen LogP contribution < -0.4 is 5.32 Å². The molecule has 0 amide bonds. The highest BCUT2D eigenvalue weighted by Gasteiger charge is 2.42. The third-order valence-corrected chi connectivity index (χ3v) is 6.31. The molecule has 1 aromatic heterocycles. The molecule has 2 fully saturated rings. The average molecular weight is 312 g/mol. The lowest BCUT2D eigenvalue weighted by Crippen LogP contribution is -2.29.